The molecular weight excluding hydrogens is 254 g/mol. The number of carbonyl (C=O) groups is 2. The van der Waals surface area contributed by atoms with E-state index in [9.17, 15) is 9.59 Å². The fraction of sp³-hybridized carbons (Fsp3) is 0.867. The number of nitrogens with zero attached hydrogens (tertiary/aromatic N) is 1. The summed E-state index contributed by atoms with van der Waals surface area (Å²) in [5.41, 5.74) is 0. The van der Waals surface area contributed by atoms with Crippen LogP contribution in [-0.2, 0) is 9.59 Å². The SMILES string of the molecule is O=C(CCCN1CCCC(NC2CC2)C1=O)NC1CC1. The molecule has 1 atom stereocenters. The van der Waals surface area contributed by atoms with Gasteiger partial charge in [0.05, 0.1) is 6.04 Å². The van der Waals surface area contributed by atoms with Gasteiger partial charge in [-0.25, -0.2) is 0 Å². The number of nitrogens with one attached hydrogen (secondary N) is 2. The van der Waals surface area contributed by atoms with Crippen molar-refractivity contribution in [2.45, 2.75) is 69.5 Å². The second kappa shape index (κ2) is 6.12. The van der Waals surface area contributed by atoms with Crippen molar-refractivity contribution in [2.75, 3.05) is 13.1 Å². The van der Waals surface area contributed by atoms with Crippen LogP contribution in [-0.4, -0.2) is 47.9 Å². The smallest absolute Gasteiger partial charge is 0.239 e. The van der Waals surface area contributed by atoms with E-state index in [1.54, 1.807) is 0 Å². The summed E-state index contributed by atoms with van der Waals surface area (Å²) in [7, 11) is 0. The molecule has 20 heavy (non-hydrogen) atoms. The minimum atomic E-state index is 0.0246. The number of likely N-dealkylation sites (tertiary alicyclic amines) is 1. The molecule has 3 aliphatic rings. The third-order valence-electron chi connectivity index (χ3n) is 4.32. The van der Waals surface area contributed by atoms with E-state index >= 15 is 0 Å². The highest BCUT2D eigenvalue weighted by molar-refractivity contribution is 5.82. The summed E-state index contributed by atoms with van der Waals surface area (Å²) in [6, 6.07) is 1.04. The summed E-state index contributed by atoms with van der Waals surface area (Å²) in [4.78, 5) is 25.9. The molecule has 5 heteroatoms. The molecule has 0 aromatic carbocycles. The topological polar surface area (TPSA) is 61.4 Å². The molecule has 112 valence electrons. The lowest BCUT2D eigenvalue weighted by atomic mass is 10.0. The van der Waals surface area contributed by atoms with Gasteiger partial charge in [-0.05, 0) is 44.9 Å². The van der Waals surface area contributed by atoms with Crippen LogP contribution in [0.3, 0.4) is 0 Å². The molecule has 0 aromatic rings. The van der Waals surface area contributed by atoms with Gasteiger partial charge in [-0.15, -0.1) is 0 Å². The molecule has 5 nitrogen and oxygen atoms in total. The van der Waals surface area contributed by atoms with Crippen LogP contribution in [0.5, 0.6) is 0 Å². The minimum absolute atomic E-state index is 0.0246. The molecule has 2 aliphatic carbocycles. The van der Waals surface area contributed by atoms with Crippen molar-refractivity contribution in [3.63, 3.8) is 0 Å². The largest absolute Gasteiger partial charge is 0.353 e. The summed E-state index contributed by atoms with van der Waals surface area (Å²) in [6.07, 6.45) is 8.05. The molecule has 2 amide bonds. The van der Waals surface area contributed by atoms with E-state index in [1.807, 2.05) is 4.90 Å². The Labute approximate surface area is 120 Å². The molecule has 1 heterocycles. The number of piperidine rings is 1. The van der Waals surface area contributed by atoms with E-state index in [4.69, 9.17) is 0 Å². The lowest BCUT2D eigenvalue weighted by Crippen LogP contribution is -2.51. The highest BCUT2D eigenvalue weighted by Gasteiger charge is 2.33. The Morgan fingerprint density at radius 2 is 1.90 bits per heavy atom. The summed E-state index contributed by atoms with van der Waals surface area (Å²) >= 11 is 0. The Balaban J connectivity index is 1.37. The van der Waals surface area contributed by atoms with Gasteiger partial charge in [-0.3, -0.25) is 9.59 Å². The Morgan fingerprint density at radius 1 is 1.15 bits per heavy atom. The Morgan fingerprint density at radius 3 is 2.60 bits per heavy atom. The van der Waals surface area contributed by atoms with E-state index in [-0.39, 0.29) is 17.9 Å². The minimum Gasteiger partial charge on any atom is -0.353 e. The van der Waals surface area contributed by atoms with Gasteiger partial charge in [-0.1, -0.05) is 0 Å². The maximum Gasteiger partial charge on any atom is 0.239 e. The number of hydrogen-bond donors (Lipinski definition) is 2. The molecule has 1 saturated heterocycles. The third-order valence-corrected chi connectivity index (χ3v) is 4.32. The maximum absolute atomic E-state index is 12.3. The van der Waals surface area contributed by atoms with Crippen molar-refractivity contribution in [3.05, 3.63) is 0 Å². The van der Waals surface area contributed by atoms with Gasteiger partial charge < -0.3 is 15.5 Å². The van der Waals surface area contributed by atoms with Crippen molar-refractivity contribution in [3.8, 4) is 0 Å². The average Bonchev–Trinajstić information content (AvgIpc) is 3.29. The fourth-order valence-electron chi connectivity index (χ4n) is 2.81. The molecule has 0 spiro atoms. The molecule has 0 bridgehead atoms. The predicted octanol–water partition coefficient (Wildman–Crippen LogP) is 0.788. The normalized spacial score (nSPS) is 26.7. The zero-order valence-corrected chi connectivity index (χ0v) is 12.1. The number of carbonyl (C=O) groups excluding carboxylic acids is 2. The van der Waals surface area contributed by atoms with Crippen LogP contribution >= 0.6 is 0 Å². The van der Waals surface area contributed by atoms with Crippen molar-refractivity contribution >= 4 is 11.8 Å². The molecule has 3 rings (SSSR count). The van der Waals surface area contributed by atoms with E-state index in [0.717, 1.165) is 45.2 Å². The maximum atomic E-state index is 12.3. The first-order valence-corrected chi connectivity index (χ1v) is 8.06. The van der Waals surface area contributed by atoms with Crippen molar-refractivity contribution in [1.29, 1.82) is 0 Å². The first kappa shape index (κ1) is 13.9. The van der Waals surface area contributed by atoms with Crippen LogP contribution < -0.4 is 10.6 Å². The quantitative estimate of drug-likeness (QED) is 0.724. The second-order valence-corrected chi connectivity index (χ2v) is 6.41. The van der Waals surface area contributed by atoms with Gasteiger partial charge in [0.15, 0.2) is 0 Å². The highest BCUT2D eigenvalue weighted by atomic mass is 16.2. The summed E-state index contributed by atoms with van der Waals surface area (Å²) < 4.78 is 0. The van der Waals surface area contributed by atoms with E-state index in [0.29, 0.717) is 18.5 Å². The van der Waals surface area contributed by atoms with Crippen molar-refractivity contribution in [1.82, 2.24) is 15.5 Å². The fourth-order valence-corrected chi connectivity index (χ4v) is 2.81. The summed E-state index contributed by atoms with van der Waals surface area (Å²) in [5, 5.41) is 6.43. The highest BCUT2D eigenvalue weighted by Crippen LogP contribution is 2.22. The molecule has 3 fully saturated rings. The Bertz CT molecular complexity index is 377. The molecule has 0 aromatic heterocycles. The Hall–Kier alpha value is -1.10. The lowest BCUT2D eigenvalue weighted by molar-refractivity contribution is -0.136. The van der Waals surface area contributed by atoms with Gasteiger partial charge in [-0.2, -0.15) is 0 Å². The van der Waals surface area contributed by atoms with Crippen LogP contribution in [0, 0.1) is 0 Å². The van der Waals surface area contributed by atoms with Crippen molar-refractivity contribution in [2.24, 2.45) is 0 Å². The van der Waals surface area contributed by atoms with E-state index in [2.05, 4.69) is 10.6 Å². The van der Waals surface area contributed by atoms with Crippen LogP contribution in [0.25, 0.3) is 0 Å². The standard InChI is InChI=1S/C15H25N3O2/c19-14(17-12-7-8-12)4-2-10-18-9-1-3-13(15(18)20)16-11-5-6-11/h11-13,16H,1-10H2,(H,17,19). The summed E-state index contributed by atoms with van der Waals surface area (Å²) in [6.45, 7) is 1.58. The van der Waals surface area contributed by atoms with Gasteiger partial charge in [0.2, 0.25) is 11.8 Å². The zero-order valence-electron chi connectivity index (χ0n) is 12.1. The second-order valence-electron chi connectivity index (χ2n) is 6.41. The van der Waals surface area contributed by atoms with Crippen molar-refractivity contribution < 1.29 is 9.59 Å². The van der Waals surface area contributed by atoms with Crippen LogP contribution in [0.4, 0.5) is 0 Å². The number of hydrogen-bond acceptors (Lipinski definition) is 3. The predicted molar refractivity (Wildman–Crippen MR) is 76.2 cm³/mol. The number of rotatable bonds is 7. The van der Waals surface area contributed by atoms with Crippen LogP contribution in [0.1, 0.15) is 51.4 Å². The zero-order chi connectivity index (χ0) is 13.9. The molecule has 1 aliphatic heterocycles. The number of amides is 2. The van der Waals surface area contributed by atoms with Gasteiger partial charge in [0.25, 0.3) is 0 Å². The lowest BCUT2D eigenvalue weighted by Gasteiger charge is -2.32. The first-order valence-electron chi connectivity index (χ1n) is 8.06. The van der Waals surface area contributed by atoms with Crippen LogP contribution in [0.2, 0.25) is 0 Å². The molecule has 0 radical (unpaired) electrons. The molecular formula is C15H25N3O2. The first-order chi connectivity index (χ1) is 9.72. The molecule has 2 N–H and O–H groups in total. The molecule has 2 saturated carbocycles. The van der Waals surface area contributed by atoms with Crippen LogP contribution in [0.15, 0.2) is 0 Å². The molecule has 1 unspecified atom stereocenters. The third kappa shape index (κ3) is 3.95. The summed E-state index contributed by atoms with van der Waals surface area (Å²) in [5.74, 6) is 0.385. The van der Waals surface area contributed by atoms with Gasteiger partial charge in [0.1, 0.15) is 0 Å². The average molecular weight is 279 g/mol. The van der Waals surface area contributed by atoms with E-state index in [1.165, 1.54) is 12.8 Å². The van der Waals surface area contributed by atoms with Gasteiger partial charge in [0, 0.05) is 31.6 Å². The van der Waals surface area contributed by atoms with E-state index < -0.39 is 0 Å². The monoisotopic (exact) mass is 279 g/mol. The van der Waals surface area contributed by atoms with Gasteiger partial charge >= 0.3 is 0 Å². The Kier molecular flexibility index (Phi) is 4.24.